The lowest BCUT2D eigenvalue weighted by Crippen LogP contribution is -2.36. The van der Waals surface area contributed by atoms with Crippen molar-refractivity contribution >= 4 is 35.8 Å². The second-order valence-corrected chi connectivity index (χ2v) is 9.34. The van der Waals surface area contributed by atoms with Gasteiger partial charge in [-0.15, -0.1) is 0 Å². The molecule has 1 fully saturated rings. The number of anilines is 1. The molecule has 190 valence electrons. The quantitative estimate of drug-likeness (QED) is 0.186. The van der Waals surface area contributed by atoms with E-state index in [1.807, 2.05) is 65.6 Å². The lowest BCUT2D eigenvalue weighted by molar-refractivity contribution is -0.134. The Hall–Kier alpha value is -3.99. The summed E-state index contributed by atoms with van der Waals surface area (Å²) in [6.45, 7) is 0.460. The molecular formula is C32H32FNO3. The third kappa shape index (κ3) is 7.50. The number of halogens is 1. The molecule has 0 N–H and O–H groups in total. The number of benzene rings is 3. The molecule has 5 heteroatoms. The van der Waals surface area contributed by atoms with E-state index in [4.69, 9.17) is 4.74 Å². The van der Waals surface area contributed by atoms with Crippen LogP contribution < -0.4 is 4.90 Å². The number of esters is 1. The van der Waals surface area contributed by atoms with E-state index < -0.39 is 5.97 Å². The zero-order valence-corrected chi connectivity index (χ0v) is 21.1. The van der Waals surface area contributed by atoms with Crippen molar-refractivity contribution in [3.8, 4) is 0 Å². The lowest BCUT2D eigenvalue weighted by Gasteiger charge is -2.30. The summed E-state index contributed by atoms with van der Waals surface area (Å²) in [4.78, 5) is 27.1. The summed E-state index contributed by atoms with van der Waals surface area (Å²) in [5.41, 5.74) is 4.61. The molecular weight excluding hydrogens is 465 g/mol. The van der Waals surface area contributed by atoms with E-state index in [1.165, 1.54) is 31.7 Å². The Kier molecular flexibility index (Phi) is 9.03. The maximum absolute atomic E-state index is 13.7. The number of amides is 1. The highest BCUT2D eigenvalue weighted by molar-refractivity contribution is 5.95. The van der Waals surface area contributed by atoms with Crippen molar-refractivity contribution in [1.29, 1.82) is 0 Å². The Morgan fingerprint density at radius 3 is 2.16 bits per heavy atom. The predicted octanol–water partition coefficient (Wildman–Crippen LogP) is 7.30. The van der Waals surface area contributed by atoms with Crippen molar-refractivity contribution in [2.75, 3.05) is 12.0 Å². The van der Waals surface area contributed by atoms with Crippen molar-refractivity contribution in [3.05, 3.63) is 107 Å². The molecule has 4 rings (SSSR count). The topological polar surface area (TPSA) is 46.6 Å². The summed E-state index contributed by atoms with van der Waals surface area (Å²) >= 11 is 0. The molecule has 0 heterocycles. The first-order valence-electron chi connectivity index (χ1n) is 12.7. The number of carbonyl (C=O) groups is 2. The fraction of sp³-hybridized carbons (Fsp3) is 0.250. The third-order valence-electron chi connectivity index (χ3n) is 6.67. The number of ether oxygens (including phenoxy) is 1. The molecule has 0 aliphatic heterocycles. The zero-order chi connectivity index (χ0) is 26.0. The molecule has 1 amide bonds. The van der Waals surface area contributed by atoms with Gasteiger partial charge in [0.15, 0.2) is 0 Å². The Balaban J connectivity index is 1.54. The third-order valence-corrected chi connectivity index (χ3v) is 6.67. The van der Waals surface area contributed by atoms with Crippen LogP contribution in [0.2, 0.25) is 0 Å². The fourth-order valence-corrected chi connectivity index (χ4v) is 4.58. The van der Waals surface area contributed by atoms with E-state index in [2.05, 4.69) is 0 Å². The summed E-state index contributed by atoms with van der Waals surface area (Å²) in [5.74, 6) is -0.497. The van der Waals surface area contributed by atoms with Crippen LogP contribution in [0.25, 0.3) is 18.2 Å². The van der Waals surface area contributed by atoms with Crippen LogP contribution in [0.1, 0.15) is 54.4 Å². The predicted molar refractivity (Wildman–Crippen MR) is 147 cm³/mol. The van der Waals surface area contributed by atoms with Gasteiger partial charge in [-0.3, -0.25) is 4.79 Å². The number of hydrogen-bond donors (Lipinski definition) is 0. The molecule has 4 nitrogen and oxygen atoms in total. The van der Waals surface area contributed by atoms with Gasteiger partial charge < -0.3 is 9.64 Å². The van der Waals surface area contributed by atoms with Gasteiger partial charge in [0.2, 0.25) is 5.91 Å². The van der Waals surface area contributed by atoms with E-state index in [0.717, 1.165) is 53.6 Å². The van der Waals surface area contributed by atoms with Crippen LogP contribution in [0.3, 0.4) is 0 Å². The molecule has 1 aliphatic carbocycles. The Labute approximate surface area is 218 Å². The first-order chi connectivity index (χ1) is 18.0. The van der Waals surface area contributed by atoms with E-state index in [9.17, 15) is 14.0 Å². The summed E-state index contributed by atoms with van der Waals surface area (Å²) in [6.07, 6.45) is 12.2. The van der Waals surface area contributed by atoms with Gasteiger partial charge in [-0.1, -0.05) is 79.9 Å². The summed E-state index contributed by atoms with van der Waals surface area (Å²) in [6, 6.07) is 22.2. The van der Waals surface area contributed by atoms with Crippen molar-refractivity contribution < 1.29 is 18.7 Å². The lowest BCUT2D eigenvalue weighted by atomic mass is 9.88. The summed E-state index contributed by atoms with van der Waals surface area (Å²) in [7, 11) is 1.34. The number of rotatable bonds is 8. The number of nitrogens with zero attached hydrogens (tertiary/aromatic N) is 1. The van der Waals surface area contributed by atoms with Gasteiger partial charge in [0, 0.05) is 17.7 Å². The second-order valence-electron chi connectivity index (χ2n) is 9.34. The minimum Gasteiger partial charge on any atom is -0.466 e. The molecule has 1 saturated carbocycles. The number of methoxy groups -OCH3 is 1. The van der Waals surface area contributed by atoms with E-state index in [0.29, 0.717) is 6.54 Å². The van der Waals surface area contributed by atoms with Gasteiger partial charge in [0.25, 0.3) is 0 Å². The normalized spacial score (nSPS) is 14.2. The molecule has 0 radical (unpaired) electrons. The highest BCUT2D eigenvalue weighted by atomic mass is 19.1. The van der Waals surface area contributed by atoms with E-state index in [1.54, 1.807) is 18.2 Å². The molecule has 37 heavy (non-hydrogen) atoms. The monoisotopic (exact) mass is 497 g/mol. The molecule has 0 spiro atoms. The average Bonchev–Trinajstić information content (AvgIpc) is 2.95. The smallest absolute Gasteiger partial charge is 0.330 e. The average molecular weight is 498 g/mol. The van der Waals surface area contributed by atoms with Crippen LogP contribution in [0.15, 0.2) is 78.9 Å². The van der Waals surface area contributed by atoms with Crippen LogP contribution in [0, 0.1) is 11.7 Å². The fourth-order valence-electron chi connectivity index (χ4n) is 4.58. The molecule has 0 unspecified atom stereocenters. The van der Waals surface area contributed by atoms with Crippen LogP contribution in [-0.4, -0.2) is 19.0 Å². The largest absolute Gasteiger partial charge is 0.466 e. The SMILES string of the molecule is COC(=O)/C=C/c1cccc(N(Cc2ccc(/C=C/c3ccc(F)cc3)cc2)C(=O)C2CCCCC2)c1. The minimum atomic E-state index is -0.422. The van der Waals surface area contributed by atoms with Crippen LogP contribution in [0.5, 0.6) is 0 Å². The van der Waals surface area contributed by atoms with Crippen LogP contribution >= 0.6 is 0 Å². The summed E-state index contributed by atoms with van der Waals surface area (Å²) < 4.78 is 17.8. The molecule has 0 atom stereocenters. The maximum atomic E-state index is 13.7. The maximum Gasteiger partial charge on any atom is 0.330 e. The molecule has 0 saturated heterocycles. The standard InChI is InChI=1S/C32H32FNO3/c1-37-31(35)21-18-26-6-5-9-30(22-26)34(32(36)28-7-3-2-4-8-28)23-27-14-12-24(13-15-27)10-11-25-16-19-29(33)20-17-25/h5-6,9-22,28H,2-4,7-8,23H2,1H3/b11-10+,21-18+. The van der Waals surface area contributed by atoms with Gasteiger partial charge >= 0.3 is 5.97 Å². The Morgan fingerprint density at radius 2 is 1.51 bits per heavy atom. The first kappa shape index (κ1) is 26.1. The first-order valence-corrected chi connectivity index (χ1v) is 12.7. The molecule has 1 aliphatic rings. The summed E-state index contributed by atoms with van der Waals surface area (Å²) in [5, 5.41) is 0. The van der Waals surface area contributed by atoms with E-state index in [-0.39, 0.29) is 17.6 Å². The highest BCUT2D eigenvalue weighted by Gasteiger charge is 2.27. The van der Waals surface area contributed by atoms with Gasteiger partial charge in [0.05, 0.1) is 13.7 Å². The number of hydrogen-bond acceptors (Lipinski definition) is 3. The van der Waals surface area contributed by atoms with Crippen LogP contribution in [-0.2, 0) is 20.9 Å². The molecule has 0 aromatic heterocycles. The van der Waals surface area contributed by atoms with Crippen LogP contribution in [0.4, 0.5) is 10.1 Å². The van der Waals surface area contributed by atoms with E-state index >= 15 is 0 Å². The van der Waals surface area contributed by atoms with Gasteiger partial charge in [-0.25, -0.2) is 9.18 Å². The molecule has 0 bridgehead atoms. The van der Waals surface area contributed by atoms with Crippen molar-refractivity contribution in [2.45, 2.75) is 38.6 Å². The minimum absolute atomic E-state index is 0.0286. The van der Waals surface area contributed by atoms with Gasteiger partial charge in [-0.2, -0.15) is 0 Å². The highest BCUT2D eigenvalue weighted by Crippen LogP contribution is 2.29. The zero-order valence-electron chi connectivity index (χ0n) is 21.1. The van der Waals surface area contributed by atoms with Gasteiger partial charge in [0.1, 0.15) is 5.82 Å². The van der Waals surface area contributed by atoms with Crippen molar-refractivity contribution in [1.82, 2.24) is 0 Å². The Morgan fingerprint density at radius 1 is 0.865 bits per heavy atom. The van der Waals surface area contributed by atoms with Crippen molar-refractivity contribution in [3.63, 3.8) is 0 Å². The van der Waals surface area contributed by atoms with Crippen molar-refractivity contribution in [2.24, 2.45) is 5.92 Å². The Bertz CT molecular complexity index is 1260. The molecule has 3 aromatic carbocycles. The number of carbonyl (C=O) groups excluding carboxylic acids is 2. The second kappa shape index (κ2) is 12.8. The van der Waals surface area contributed by atoms with Gasteiger partial charge in [-0.05, 0) is 65.4 Å². The molecule has 3 aromatic rings.